The van der Waals surface area contributed by atoms with Crippen LogP contribution < -0.4 is 21.3 Å². The molecule has 6 nitrogen and oxygen atoms in total. The van der Waals surface area contributed by atoms with Gasteiger partial charge in [-0.05, 0) is 42.3 Å². The molecule has 0 aliphatic carbocycles. The minimum Gasteiger partial charge on any atom is -0.497 e. The summed E-state index contributed by atoms with van der Waals surface area (Å²) in [5.74, 6) is 0.359. The molecule has 3 aromatic rings. The zero-order chi connectivity index (χ0) is 21.6. The Kier molecular flexibility index (Phi) is 7.36. The van der Waals surface area contributed by atoms with Gasteiger partial charge in [0, 0.05) is 13.1 Å². The van der Waals surface area contributed by atoms with E-state index in [-0.39, 0.29) is 18.1 Å². The van der Waals surface area contributed by atoms with Crippen molar-refractivity contribution >= 4 is 5.82 Å². The van der Waals surface area contributed by atoms with Gasteiger partial charge < -0.3 is 10.1 Å². The molecule has 3 rings (SSSR count). The molecule has 7 heteroatoms. The predicted octanol–water partition coefficient (Wildman–Crippen LogP) is 3.57. The number of nitrogens with zero attached hydrogens (tertiary/aromatic N) is 2. The summed E-state index contributed by atoms with van der Waals surface area (Å²) in [5, 5.41) is 2.79. The van der Waals surface area contributed by atoms with Crippen molar-refractivity contribution in [3.8, 4) is 11.4 Å². The molecule has 0 radical (unpaired) electrons. The molecular formula is C22H26FN3O3. The quantitative estimate of drug-likeness (QED) is 0.712. The van der Waals surface area contributed by atoms with Crippen LogP contribution in [0.1, 0.15) is 25.0 Å². The van der Waals surface area contributed by atoms with E-state index in [2.05, 4.69) is 5.32 Å². The SMILES string of the molecule is CC.CNc1cc(=O)n(Cc2ccc(OC)cc2)c(=O)n1-c1ccc(C)cc1F. The molecule has 1 heterocycles. The number of ether oxygens (including phenoxy) is 1. The molecule has 2 aromatic carbocycles. The van der Waals surface area contributed by atoms with Gasteiger partial charge in [-0.15, -0.1) is 0 Å². The Morgan fingerprint density at radius 3 is 2.24 bits per heavy atom. The summed E-state index contributed by atoms with van der Waals surface area (Å²) in [6.07, 6.45) is 0. The summed E-state index contributed by atoms with van der Waals surface area (Å²) < 4.78 is 21.8. The Hall–Kier alpha value is -3.35. The van der Waals surface area contributed by atoms with Gasteiger partial charge >= 0.3 is 5.69 Å². The first-order chi connectivity index (χ1) is 13.9. The van der Waals surface area contributed by atoms with Crippen molar-refractivity contribution < 1.29 is 9.13 Å². The number of nitrogens with one attached hydrogen (secondary N) is 1. The van der Waals surface area contributed by atoms with Gasteiger partial charge in [-0.1, -0.05) is 32.0 Å². The largest absolute Gasteiger partial charge is 0.497 e. The highest BCUT2D eigenvalue weighted by Gasteiger charge is 2.16. The molecule has 0 spiro atoms. The lowest BCUT2D eigenvalue weighted by atomic mass is 10.2. The second-order valence-electron chi connectivity index (χ2n) is 6.12. The van der Waals surface area contributed by atoms with Crippen LogP contribution in [0.15, 0.2) is 58.1 Å². The fourth-order valence-electron chi connectivity index (χ4n) is 2.85. The topological polar surface area (TPSA) is 65.3 Å². The number of aromatic nitrogens is 2. The van der Waals surface area contributed by atoms with Crippen molar-refractivity contribution in [2.45, 2.75) is 27.3 Å². The third-order valence-corrected chi connectivity index (χ3v) is 4.29. The van der Waals surface area contributed by atoms with Gasteiger partial charge in [0.05, 0.1) is 19.3 Å². The van der Waals surface area contributed by atoms with E-state index in [1.165, 1.54) is 22.8 Å². The highest BCUT2D eigenvalue weighted by Crippen LogP contribution is 2.17. The number of hydrogen-bond donors (Lipinski definition) is 1. The second-order valence-corrected chi connectivity index (χ2v) is 6.12. The first-order valence-electron chi connectivity index (χ1n) is 9.38. The first-order valence-corrected chi connectivity index (χ1v) is 9.38. The standard InChI is InChI=1S/C20H20FN3O3.C2H6/c1-13-4-9-17(16(21)10-13)24-18(22-2)11-19(25)23(20(24)26)12-14-5-7-15(27-3)8-6-14;1-2/h4-11,22H,12H2,1-3H3;1-2H3. The third kappa shape index (κ3) is 4.74. The molecule has 0 saturated heterocycles. The van der Waals surface area contributed by atoms with Crippen LogP contribution in [0, 0.1) is 12.7 Å². The number of halogens is 1. The monoisotopic (exact) mass is 399 g/mol. The van der Waals surface area contributed by atoms with Crippen molar-refractivity contribution in [1.29, 1.82) is 0 Å². The number of benzene rings is 2. The van der Waals surface area contributed by atoms with Crippen LogP contribution in [0.2, 0.25) is 0 Å². The molecule has 1 N–H and O–H groups in total. The molecule has 0 atom stereocenters. The Labute approximate surface area is 169 Å². The lowest BCUT2D eigenvalue weighted by Gasteiger charge is -2.16. The van der Waals surface area contributed by atoms with E-state index < -0.39 is 17.1 Å². The average molecular weight is 399 g/mol. The molecule has 154 valence electrons. The van der Waals surface area contributed by atoms with Gasteiger partial charge in [0.2, 0.25) is 0 Å². The van der Waals surface area contributed by atoms with Crippen LogP contribution >= 0.6 is 0 Å². The molecule has 1 aromatic heterocycles. The zero-order valence-electron chi connectivity index (χ0n) is 17.3. The molecule has 0 bridgehead atoms. The first kappa shape index (κ1) is 21.9. The lowest BCUT2D eigenvalue weighted by Crippen LogP contribution is -2.40. The maximum absolute atomic E-state index is 14.5. The predicted molar refractivity (Wildman–Crippen MR) is 114 cm³/mol. The molecule has 0 saturated carbocycles. The molecular weight excluding hydrogens is 373 g/mol. The molecule has 0 aliphatic heterocycles. The van der Waals surface area contributed by atoms with E-state index >= 15 is 0 Å². The Morgan fingerprint density at radius 1 is 1.03 bits per heavy atom. The molecule has 0 aliphatic rings. The molecule has 0 unspecified atom stereocenters. The average Bonchev–Trinajstić information content (AvgIpc) is 2.73. The summed E-state index contributed by atoms with van der Waals surface area (Å²) in [6, 6.07) is 12.9. The summed E-state index contributed by atoms with van der Waals surface area (Å²) in [4.78, 5) is 25.5. The second kappa shape index (κ2) is 9.73. The summed E-state index contributed by atoms with van der Waals surface area (Å²) >= 11 is 0. The lowest BCUT2D eigenvalue weighted by molar-refractivity contribution is 0.414. The highest BCUT2D eigenvalue weighted by atomic mass is 19.1. The molecule has 29 heavy (non-hydrogen) atoms. The van der Waals surface area contributed by atoms with E-state index in [9.17, 15) is 14.0 Å². The van der Waals surface area contributed by atoms with Crippen molar-refractivity contribution in [2.75, 3.05) is 19.5 Å². The maximum atomic E-state index is 14.5. The van der Waals surface area contributed by atoms with Crippen LogP contribution in [-0.4, -0.2) is 23.3 Å². The third-order valence-electron chi connectivity index (χ3n) is 4.29. The van der Waals surface area contributed by atoms with Crippen molar-refractivity contribution in [2.24, 2.45) is 0 Å². The number of methoxy groups -OCH3 is 1. The Morgan fingerprint density at radius 2 is 1.69 bits per heavy atom. The number of anilines is 1. The maximum Gasteiger partial charge on any atom is 0.337 e. The fourth-order valence-corrected chi connectivity index (χ4v) is 2.85. The summed E-state index contributed by atoms with van der Waals surface area (Å²) in [5.41, 5.74) is 0.484. The number of rotatable bonds is 5. The Bertz CT molecular complexity index is 1090. The summed E-state index contributed by atoms with van der Waals surface area (Å²) in [7, 11) is 3.13. The van der Waals surface area contributed by atoms with Crippen LogP contribution in [-0.2, 0) is 6.54 Å². The van der Waals surface area contributed by atoms with E-state index in [0.717, 1.165) is 15.7 Å². The smallest absolute Gasteiger partial charge is 0.337 e. The van der Waals surface area contributed by atoms with Crippen LogP contribution in [0.4, 0.5) is 10.2 Å². The van der Waals surface area contributed by atoms with E-state index in [1.54, 1.807) is 51.4 Å². The normalized spacial score (nSPS) is 10.1. The van der Waals surface area contributed by atoms with E-state index in [4.69, 9.17) is 4.74 Å². The Balaban J connectivity index is 0.00000145. The van der Waals surface area contributed by atoms with Crippen molar-refractivity contribution in [3.05, 3.63) is 86.3 Å². The number of aryl methyl sites for hydroxylation is 1. The molecule has 0 fully saturated rings. The van der Waals surface area contributed by atoms with Gasteiger partial charge in [-0.25, -0.2) is 13.8 Å². The van der Waals surface area contributed by atoms with Crippen LogP contribution in [0.25, 0.3) is 5.69 Å². The highest BCUT2D eigenvalue weighted by molar-refractivity contribution is 5.46. The molecule has 0 amide bonds. The van der Waals surface area contributed by atoms with E-state index in [1.807, 2.05) is 13.8 Å². The number of hydrogen-bond acceptors (Lipinski definition) is 4. The minimum atomic E-state index is -0.620. The van der Waals surface area contributed by atoms with Gasteiger partial charge in [-0.3, -0.25) is 9.36 Å². The van der Waals surface area contributed by atoms with Gasteiger partial charge in [0.25, 0.3) is 5.56 Å². The van der Waals surface area contributed by atoms with Crippen LogP contribution in [0.3, 0.4) is 0 Å². The van der Waals surface area contributed by atoms with Crippen LogP contribution in [0.5, 0.6) is 5.75 Å². The van der Waals surface area contributed by atoms with Gasteiger partial charge in [0.15, 0.2) is 0 Å². The van der Waals surface area contributed by atoms with Crippen molar-refractivity contribution in [1.82, 2.24) is 9.13 Å². The van der Waals surface area contributed by atoms with Crippen molar-refractivity contribution in [3.63, 3.8) is 0 Å². The van der Waals surface area contributed by atoms with E-state index in [0.29, 0.717) is 5.75 Å². The minimum absolute atomic E-state index is 0.0686. The van der Waals surface area contributed by atoms with Gasteiger partial charge in [0.1, 0.15) is 17.4 Å². The van der Waals surface area contributed by atoms with Gasteiger partial charge in [-0.2, -0.15) is 0 Å². The zero-order valence-corrected chi connectivity index (χ0v) is 17.3. The summed E-state index contributed by atoms with van der Waals surface area (Å²) in [6.45, 7) is 5.83. The fraction of sp³-hybridized carbons (Fsp3) is 0.273.